The highest BCUT2D eigenvalue weighted by atomic mass is 19.1. The first-order valence-electron chi connectivity index (χ1n) is 5.32. The largest absolute Gasteiger partial charge is 0.378 e. The Labute approximate surface area is 88.7 Å². The number of ether oxygens (including phenoxy) is 1. The molecule has 1 aromatic rings. The van der Waals surface area contributed by atoms with Gasteiger partial charge in [0.15, 0.2) is 11.6 Å². The Hall–Kier alpha value is -1.16. The number of nitrogens with one attached hydrogen (secondary N) is 1. The summed E-state index contributed by atoms with van der Waals surface area (Å²) in [6.07, 6.45) is 5.09. The zero-order chi connectivity index (χ0) is 10.5. The molecule has 0 radical (unpaired) electrons. The van der Waals surface area contributed by atoms with Crippen LogP contribution in [0.25, 0.3) is 0 Å². The van der Waals surface area contributed by atoms with Crippen LogP contribution in [0.5, 0.6) is 0 Å². The standard InChI is InChI=1S/C11H15FN2O/c12-10-4-1-6-13-11(10)14-7-5-9-3-2-8-15-9/h1,4,6,9H,2-3,5,7-8H2,(H,13,14). The maximum atomic E-state index is 13.1. The number of rotatable bonds is 4. The van der Waals surface area contributed by atoms with E-state index >= 15 is 0 Å². The summed E-state index contributed by atoms with van der Waals surface area (Å²) in [5.74, 6) is 0.0281. The number of anilines is 1. The molecule has 1 aromatic heterocycles. The van der Waals surface area contributed by atoms with Gasteiger partial charge in [-0.1, -0.05) is 0 Å². The van der Waals surface area contributed by atoms with Gasteiger partial charge in [-0.2, -0.15) is 0 Å². The molecule has 0 spiro atoms. The summed E-state index contributed by atoms with van der Waals surface area (Å²) in [5, 5.41) is 2.97. The van der Waals surface area contributed by atoms with Crippen molar-refractivity contribution >= 4 is 5.82 Å². The molecule has 0 amide bonds. The number of hydrogen-bond acceptors (Lipinski definition) is 3. The van der Waals surface area contributed by atoms with Gasteiger partial charge in [-0.25, -0.2) is 9.37 Å². The van der Waals surface area contributed by atoms with Gasteiger partial charge < -0.3 is 10.1 Å². The predicted octanol–water partition coefficient (Wildman–Crippen LogP) is 2.20. The van der Waals surface area contributed by atoms with Crippen LogP contribution in [-0.2, 0) is 4.74 Å². The van der Waals surface area contributed by atoms with Crippen LogP contribution in [0, 0.1) is 5.82 Å². The van der Waals surface area contributed by atoms with Crippen molar-refractivity contribution in [3.05, 3.63) is 24.1 Å². The lowest BCUT2D eigenvalue weighted by molar-refractivity contribution is 0.107. The number of halogens is 1. The summed E-state index contributed by atoms with van der Waals surface area (Å²) in [6.45, 7) is 1.57. The molecular weight excluding hydrogens is 195 g/mol. The second-order valence-electron chi connectivity index (χ2n) is 3.68. The van der Waals surface area contributed by atoms with Crippen molar-refractivity contribution in [2.45, 2.75) is 25.4 Å². The Morgan fingerprint density at radius 1 is 1.60 bits per heavy atom. The lowest BCUT2D eigenvalue weighted by Crippen LogP contribution is -2.13. The lowest BCUT2D eigenvalue weighted by Gasteiger charge is -2.10. The molecular formula is C11H15FN2O. The normalized spacial score (nSPS) is 20.5. The van der Waals surface area contributed by atoms with Crippen molar-refractivity contribution in [1.82, 2.24) is 4.98 Å². The Bertz CT molecular complexity index is 313. The minimum absolute atomic E-state index is 0.301. The summed E-state index contributed by atoms with van der Waals surface area (Å²) in [5.41, 5.74) is 0. The summed E-state index contributed by atoms with van der Waals surface area (Å²) in [7, 11) is 0. The zero-order valence-electron chi connectivity index (χ0n) is 8.58. The zero-order valence-corrected chi connectivity index (χ0v) is 8.58. The summed E-state index contributed by atoms with van der Waals surface area (Å²) >= 11 is 0. The second-order valence-corrected chi connectivity index (χ2v) is 3.68. The molecule has 1 N–H and O–H groups in total. The van der Waals surface area contributed by atoms with Crippen molar-refractivity contribution in [3.63, 3.8) is 0 Å². The van der Waals surface area contributed by atoms with Crippen molar-refractivity contribution in [2.75, 3.05) is 18.5 Å². The monoisotopic (exact) mass is 210 g/mol. The molecule has 2 heterocycles. The van der Waals surface area contributed by atoms with E-state index in [9.17, 15) is 4.39 Å². The molecule has 0 aliphatic carbocycles. The highest BCUT2D eigenvalue weighted by molar-refractivity contribution is 5.35. The van der Waals surface area contributed by atoms with Gasteiger partial charge >= 0.3 is 0 Å². The number of hydrogen-bond donors (Lipinski definition) is 1. The van der Waals surface area contributed by atoms with Gasteiger partial charge in [0.05, 0.1) is 6.10 Å². The van der Waals surface area contributed by atoms with Gasteiger partial charge in [-0.15, -0.1) is 0 Å². The first-order chi connectivity index (χ1) is 7.36. The maximum Gasteiger partial charge on any atom is 0.165 e. The van der Waals surface area contributed by atoms with E-state index < -0.39 is 0 Å². The van der Waals surface area contributed by atoms with Crippen LogP contribution >= 0.6 is 0 Å². The fourth-order valence-electron chi connectivity index (χ4n) is 1.74. The molecule has 1 aliphatic rings. The Morgan fingerprint density at radius 3 is 3.27 bits per heavy atom. The fourth-order valence-corrected chi connectivity index (χ4v) is 1.74. The summed E-state index contributed by atoms with van der Waals surface area (Å²) in [4.78, 5) is 3.92. The van der Waals surface area contributed by atoms with Gasteiger partial charge in [0.25, 0.3) is 0 Å². The smallest absolute Gasteiger partial charge is 0.165 e. The van der Waals surface area contributed by atoms with E-state index in [4.69, 9.17) is 4.74 Å². The Balaban J connectivity index is 1.75. The van der Waals surface area contributed by atoms with Crippen LogP contribution in [-0.4, -0.2) is 24.2 Å². The van der Waals surface area contributed by atoms with E-state index in [0.29, 0.717) is 18.5 Å². The van der Waals surface area contributed by atoms with Crippen LogP contribution in [0.15, 0.2) is 18.3 Å². The highest BCUT2D eigenvalue weighted by Gasteiger charge is 2.14. The molecule has 1 unspecified atom stereocenters. The molecule has 0 aromatic carbocycles. The lowest BCUT2D eigenvalue weighted by atomic mass is 10.2. The quantitative estimate of drug-likeness (QED) is 0.827. The van der Waals surface area contributed by atoms with Gasteiger partial charge in [0, 0.05) is 19.3 Å². The number of nitrogens with zero attached hydrogens (tertiary/aromatic N) is 1. The molecule has 4 heteroatoms. The topological polar surface area (TPSA) is 34.2 Å². The molecule has 0 bridgehead atoms. The van der Waals surface area contributed by atoms with Crippen LogP contribution < -0.4 is 5.32 Å². The molecule has 1 fully saturated rings. The minimum atomic E-state index is -0.301. The van der Waals surface area contributed by atoms with Crippen LogP contribution in [0.2, 0.25) is 0 Å². The third-order valence-electron chi connectivity index (χ3n) is 2.54. The van der Waals surface area contributed by atoms with Crippen molar-refractivity contribution < 1.29 is 9.13 Å². The fraction of sp³-hybridized carbons (Fsp3) is 0.545. The van der Waals surface area contributed by atoms with E-state index in [2.05, 4.69) is 10.3 Å². The summed E-state index contributed by atoms with van der Waals surface area (Å²) in [6, 6.07) is 2.99. The van der Waals surface area contributed by atoms with Crippen molar-refractivity contribution in [2.24, 2.45) is 0 Å². The SMILES string of the molecule is Fc1cccnc1NCCC1CCCO1. The number of aromatic nitrogens is 1. The average molecular weight is 210 g/mol. The average Bonchev–Trinajstić information content (AvgIpc) is 2.74. The highest BCUT2D eigenvalue weighted by Crippen LogP contribution is 2.15. The first-order valence-corrected chi connectivity index (χ1v) is 5.32. The minimum Gasteiger partial charge on any atom is -0.378 e. The van der Waals surface area contributed by atoms with Crippen LogP contribution in [0.1, 0.15) is 19.3 Å². The van der Waals surface area contributed by atoms with E-state index in [1.54, 1.807) is 12.3 Å². The van der Waals surface area contributed by atoms with E-state index in [-0.39, 0.29) is 5.82 Å². The predicted molar refractivity (Wildman–Crippen MR) is 56.3 cm³/mol. The molecule has 2 rings (SSSR count). The molecule has 1 aliphatic heterocycles. The molecule has 1 atom stereocenters. The van der Waals surface area contributed by atoms with E-state index in [0.717, 1.165) is 25.9 Å². The maximum absolute atomic E-state index is 13.1. The van der Waals surface area contributed by atoms with Crippen molar-refractivity contribution in [1.29, 1.82) is 0 Å². The third kappa shape index (κ3) is 2.89. The van der Waals surface area contributed by atoms with Crippen molar-refractivity contribution in [3.8, 4) is 0 Å². The molecule has 15 heavy (non-hydrogen) atoms. The Morgan fingerprint density at radius 2 is 2.53 bits per heavy atom. The van der Waals surface area contributed by atoms with Gasteiger partial charge in [-0.3, -0.25) is 0 Å². The molecule has 0 saturated carbocycles. The third-order valence-corrected chi connectivity index (χ3v) is 2.54. The number of pyridine rings is 1. The van der Waals surface area contributed by atoms with Crippen LogP contribution in [0.4, 0.5) is 10.2 Å². The molecule has 82 valence electrons. The first kappa shape index (κ1) is 10.4. The van der Waals surface area contributed by atoms with E-state index in [1.807, 2.05) is 0 Å². The summed E-state index contributed by atoms with van der Waals surface area (Å²) < 4.78 is 18.6. The van der Waals surface area contributed by atoms with E-state index in [1.165, 1.54) is 6.07 Å². The van der Waals surface area contributed by atoms with Crippen LogP contribution in [0.3, 0.4) is 0 Å². The van der Waals surface area contributed by atoms with Gasteiger partial charge in [0.1, 0.15) is 0 Å². The molecule has 1 saturated heterocycles. The van der Waals surface area contributed by atoms with Gasteiger partial charge in [-0.05, 0) is 31.4 Å². The second kappa shape index (κ2) is 5.07. The molecule has 3 nitrogen and oxygen atoms in total. The van der Waals surface area contributed by atoms with Gasteiger partial charge in [0.2, 0.25) is 0 Å². The Kier molecular flexibility index (Phi) is 3.50.